The smallest absolute Gasteiger partial charge is 0.251 e. The van der Waals surface area contributed by atoms with Crippen molar-refractivity contribution in [3.8, 4) is 0 Å². The molecular weight excluding hydrogens is 288 g/mol. The van der Waals surface area contributed by atoms with E-state index in [1.165, 1.54) is 0 Å². The molecule has 4 heteroatoms. The van der Waals surface area contributed by atoms with E-state index in [-0.39, 0.29) is 17.9 Å². The molecule has 0 radical (unpaired) electrons. The Morgan fingerprint density at radius 2 is 1.48 bits per heavy atom. The minimum Gasteiger partial charge on any atom is -0.329 e. The van der Waals surface area contributed by atoms with Crippen molar-refractivity contribution >= 4 is 17.5 Å². The fraction of sp³-hybridized carbons (Fsp3) is 0.263. The molecule has 4 nitrogen and oxygen atoms in total. The van der Waals surface area contributed by atoms with Crippen LogP contribution in [0.1, 0.15) is 24.4 Å². The maximum absolute atomic E-state index is 13.1. The zero-order valence-corrected chi connectivity index (χ0v) is 12.8. The monoisotopic (exact) mass is 306 g/mol. The van der Waals surface area contributed by atoms with Gasteiger partial charge in [-0.15, -0.1) is 0 Å². The Morgan fingerprint density at radius 1 is 0.826 bits per heavy atom. The van der Waals surface area contributed by atoms with Crippen molar-refractivity contribution in [2.75, 3.05) is 11.4 Å². The second-order valence-corrected chi connectivity index (χ2v) is 6.05. The highest BCUT2D eigenvalue weighted by atomic mass is 16.2. The number of piperazine rings is 1. The third-order valence-corrected chi connectivity index (χ3v) is 4.70. The molecule has 2 fully saturated rings. The Balaban J connectivity index is 1.84. The number of hydrogen-bond acceptors (Lipinski definition) is 2. The molecular formula is C19H18N2O2. The fourth-order valence-electron chi connectivity index (χ4n) is 3.63. The van der Waals surface area contributed by atoms with Crippen LogP contribution in [-0.4, -0.2) is 29.3 Å². The summed E-state index contributed by atoms with van der Waals surface area (Å²) in [5.74, 6) is 0.0595. The summed E-state index contributed by atoms with van der Waals surface area (Å²) in [6, 6.07) is 18.2. The van der Waals surface area contributed by atoms with Gasteiger partial charge in [0, 0.05) is 12.2 Å². The maximum atomic E-state index is 13.1. The van der Waals surface area contributed by atoms with Crippen LogP contribution in [0.5, 0.6) is 0 Å². The van der Waals surface area contributed by atoms with Crippen molar-refractivity contribution in [1.82, 2.24) is 4.90 Å². The molecule has 2 saturated heterocycles. The van der Waals surface area contributed by atoms with Crippen LogP contribution in [0.4, 0.5) is 5.69 Å². The van der Waals surface area contributed by atoms with E-state index in [4.69, 9.17) is 0 Å². The highest BCUT2D eigenvalue weighted by molar-refractivity contribution is 6.09. The summed E-state index contributed by atoms with van der Waals surface area (Å²) >= 11 is 0. The van der Waals surface area contributed by atoms with Crippen LogP contribution < -0.4 is 4.90 Å². The molecule has 4 rings (SSSR count). The standard InChI is InChI=1S/C19H18N2O2/c22-18-16-12-7-13-20(16)19(23)17(14-8-3-1-4-9-14)21(18)15-10-5-2-6-11-15/h1-6,8-11,16-17H,7,12-13H2. The number of amides is 2. The first kappa shape index (κ1) is 14.0. The average molecular weight is 306 g/mol. The molecule has 0 bridgehead atoms. The number of anilines is 1. The molecule has 0 aromatic heterocycles. The van der Waals surface area contributed by atoms with E-state index in [1.807, 2.05) is 60.7 Å². The van der Waals surface area contributed by atoms with Crippen LogP contribution in [0.3, 0.4) is 0 Å². The van der Waals surface area contributed by atoms with Gasteiger partial charge in [0.25, 0.3) is 11.8 Å². The van der Waals surface area contributed by atoms with E-state index in [9.17, 15) is 9.59 Å². The van der Waals surface area contributed by atoms with Gasteiger partial charge in [0.2, 0.25) is 0 Å². The van der Waals surface area contributed by atoms with Gasteiger partial charge >= 0.3 is 0 Å². The Morgan fingerprint density at radius 3 is 2.17 bits per heavy atom. The lowest BCUT2D eigenvalue weighted by Gasteiger charge is -2.42. The molecule has 2 amide bonds. The minimum atomic E-state index is -0.569. The summed E-state index contributed by atoms with van der Waals surface area (Å²) in [7, 11) is 0. The van der Waals surface area contributed by atoms with Crippen LogP contribution in [0.25, 0.3) is 0 Å². The van der Waals surface area contributed by atoms with Crippen molar-refractivity contribution in [2.24, 2.45) is 0 Å². The second kappa shape index (κ2) is 5.54. The lowest BCUT2D eigenvalue weighted by atomic mass is 9.97. The normalized spacial score (nSPS) is 24.0. The summed E-state index contributed by atoms with van der Waals surface area (Å²) in [5.41, 5.74) is 1.64. The van der Waals surface area contributed by atoms with Gasteiger partial charge in [-0.05, 0) is 30.5 Å². The Hall–Kier alpha value is -2.62. The summed E-state index contributed by atoms with van der Waals surface area (Å²) in [5, 5.41) is 0. The molecule has 0 spiro atoms. The van der Waals surface area contributed by atoms with E-state index < -0.39 is 6.04 Å². The number of carbonyl (C=O) groups excluding carboxylic acids is 2. The fourth-order valence-corrected chi connectivity index (χ4v) is 3.63. The van der Waals surface area contributed by atoms with Crippen molar-refractivity contribution in [2.45, 2.75) is 24.9 Å². The molecule has 2 aliphatic heterocycles. The van der Waals surface area contributed by atoms with Gasteiger partial charge < -0.3 is 4.90 Å². The van der Waals surface area contributed by atoms with Gasteiger partial charge in [-0.3, -0.25) is 14.5 Å². The number of para-hydroxylation sites is 1. The Bertz CT molecular complexity index is 666. The zero-order chi connectivity index (χ0) is 15.8. The van der Waals surface area contributed by atoms with E-state index in [0.717, 1.165) is 24.1 Å². The van der Waals surface area contributed by atoms with E-state index in [0.29, 0.717) is 6.54 Å². The van der Waals surface area contributed by atoms with Crippen molar-refractivity contribution < 1.29 is 9.59 Å². The number of rotatable bonds is 2. The first-order valence-electron chi connectivity index (χ1n) is 8.01. The van der Waals surface area contributed by atoms with E-state index in [2.05, 4.69) is 0 Å². The molecule has 2 atom stereocenters. The lowest BCUT2D eigenvalue weighted by molar-refractivity contribution is -0.144. The summed E-state index contributed by atoms with van der Waals surface area (Å²) in [4.78, 5) is 29.6. The van der Waals surface area contributed by atoms with Crippen LogP contribution in [0, 0.1) is 0 Å². The predicted octanol–water partition coefficient (Wildman–Crippen LogP) is 2.77. The molecule has 23 heavy (non-hydrogen) atoms. The van der Waals surface area contributed by atoms with Gasteiger partial charge in [0.05, 0.1) is 0 Å². The van der Waals surface area contributed by atoms with Crippen LogP contribution in [-0.2, 0) is 9.59 Å². The lowest BCUT2D eigenvalue weighted by Crippen LogP contribution is -2.59. The first-order valence-corrected chi connectivity index (χ1v) is 8.01. The number of nitrogens with zero attached hydrogens (tertiary/aromatic N) is 2. The van der Waals surface area contributed by atoms with E-state index >= 15 is 0 Å². The summed E-state index contributed by atoms with van der Waals surface area (Å²) in [6.07, 6.45) is 1.65. The van der Waals surface area contributed by atoms with Gasteiger partial charge in [-0.25, -0.2) is 0 Å². The largest absolute Gasteiger partial charge is 0.329 e. The van der Waals surface area contributed by atoms with Gasteiger partial charge in [-0.2, -0.15) is 0 Å². The highest BCUT2D eigenvalue weighted by Crippen LogP contribution is 2.37. The van der Waals surface area contributed by atoms with Crippen LogP contribution >= 0.6 is 0 Å². The maximum Gasteiger partial charge on any atom is 0.251 e. The predicted molar refractivity (Wildman–Crippen MR) is 87.8 cm³/mol. The Kier molecular flexibility index (Phi) is 3.37. The third-order valence-electron chi connectivity index (χ3n) is 4.70. The third kappa shape index (κ3) is 2.22. The molecule has 2 aromatic rings. The van der Waals surface area contributed by atoms with Crippen LogP contribution in [0.15, 0.2) is 60.7 Å². The second-order valence-electron chi connectivity index (χ2n) is 6.05. The Labute approximate surface area is 135 Å². The quantitative estimate of drug-likeness (QED) is 0.856. The average Bonchev–Trinajstić information content (AvgIpc) is 3.10. The molecule has 0 aliphatic carbocycles. The van der Waals surface area contributed by atoms with Gasteiger partial charge in [0.15, 0.2) is 0 Å². The minimum absolute atomic E-state index is 0.0298. The van der Waals surface area contributed by atoms with Crippen molar-refractivity contribution in [3.05, 3.63) is 66.2 Å². The highest BCUT2D eigenvalue weighted by Gasteiger charge is 2.48. The van der Waals surface area contributed by atoms with Crippen molar-refractivity contribution in [1.29, 1.82) is 0 Å². The van der Waals surface area contributed by atoms with Gasteiger partial charge in [-0.1, -0.05) is 48.5 Å². The molecule has 2 aromatic carbocycles. The van der Waals surface area contributed by atoms with Crippen LogP contribution in [0.2, 0.25) is 0 Å². The molecule has 2 heterocycles. The molecule has 0 saturated carbocycles. The topological polar surface area (TPSA) is 40.6 Å². The zero-order valence-electron chi connectivity index (χ0n) is 12.8. The number of fused-ring (bicyclic) bond motifs is 1. The summed E-state index contributed by atoms with van der Waals surface area (Å²) in [6.45, 7) is 0.682. The van der Waals surface area contributed by atoms with Crippen molar-refractivity contribution in [3.63, 3.8) is 0 Å². The number of hydrogen-bond donors (Lipinski definition) is 0. The van der Waals surface area contributed by atoms with E-state index in [1.54, 1.807) is 9.80 Å². The summed E-state index contributed by atoms with van der Waals surface area (Å²) < 4.78 is 0. The molecule has 0 N–H and O–H groups in total. The van der Waals surface area contributed by atoms with Gasteiger partial charge in [0.1, 0.15) is 12.1 Å². The molecule has 2 unspecified atom stereocenters. The first-order chi connectivity index (χ1) is 11.3. The number of benzene rings is 2. The molecule has 116 valence electrons. The number of carbonyl (C=O) groups is 2. The SMILES string of the molecule is O=C1C(c2ccccc2)N(c2ccccc2)C(=O)C2CCCN12. The molecule has 2 aliphatic rings.